The number of aromatic nitrogens is 1. The molecule has 1 aromatic heterocycles. The van der Waals surface area contributed by atoms with Gasteiger partial charge in [-0.05, 0) is 29.3 Å². The summed E-state index contributed by atoms with van der Waals surface area (Å²) in [5, 5.41) is 16.3. The first-order valence-corrected chi connectivity index (χ1v) is 10.7. The Morgan fingerprint density at radius 1 is 0.879 bits per heavy atom. The van der Waals surface area contributed by atoms with Crippen LogP contribution in [0.5, 0.6) is 5.75 Å². The summed E-state index contributed by atoms with van der Waals surface area (Å²) in [6, 6.07) is 24.1. The number of nitrogens with one attached hydrogen (secondary N) is 3. The normalized spacial score (nSPS) is 12.6. The number of hydrogen-bond donors (Lipinski definition) is 4. The first-order chi connectivity index (χ1) is 16.1. The van der Waals surface area contributed by atoms with Gasteiger partial charge >= 0.3 is 6.09 Å². The highest BCUT2D eigenvalue weighted by Crippen LogP contribution is 2.20. The van der Waals surface area contributed by atoms with Crippen molar-refractivity contribution in [2.75, 3.05) is 6.61 Å². The van der Waals surface area contributed by atoms with Crippen molar-refractivity contribution in [1.82, 2.24) is 15.6 Å². The van der Waals surface area contributed by atoms with Crippen LogP contribution in [-0.4, -0.2) is 34.7 Å². The van der Waals surface area contributed by atoms with Gasteiger partial charge < -0.3 is 25.5 Å². The molecule has 2 amide bonds. The van der Waals surface area contributed by atoms with Gasteiger partial charge in [-0.2, -0.15) is 0 Å². The molecule has 4 N–H and O–H groups in total. The zero-order valence-electron chi connectivity index (χ0n) is 17.9. The van der Waals surface area contributed by atoms with Crippen molar-refractivity contribution in [1.29, 1.82) is 0 Å². The summed E-state index contributed by atoms with van der Waals surface area (Å²) >= 11 is 0. The summed E-state index contributed by atoms with van der Waals surface area (Å²) in [5.41, 5.74) is 2.59. The van der Waals surface area contributed by atoms with Gasteiger partial charge in [0.25, 0.3) is 0 Å². The number of para-hydroxylation sites is 2. The number of carbonyl (C=O) groups is 2. The van der Waals surface area contributed by atoms with Crippen LogP contribution in [0, 0.1) is 0 Å². The van der Waals surface area contributed by atoms with E-state index in [4.69, 9.17) is 4.74 Å². The van der Waals surface area contributed by atoms with Crippen LogP contribution in [0.4, 0.5) is 4.79 Å². The van der Waals surface area contributed by atoms with Crippen LogP contribution in [0.2, 0.25) is 0 Å². The SMILES string of the molecule is O=C(N[C@H](Cc1c[nH]c2ccccc12)C(=O)N[C@@H](CO)c1ccccc1)Oc1ccccc1. The van der Waals surface area contributed by atoms with Gasteiger partial charge in [-0.25, -0.2) is 4.79 Å². The van der Waals surface area contributed by atoms with Gasteiger partial charge in [0.2, 0.25) is 5.91 Å². The molecule has 0 saturated carbocycles. The molecule has 0 spiro atoms. The van der Waals surface area contributed by atoms with Gasteiger partial charge in [-0.15, -0.1) is 0 Å². The average Bonchev–Trinajstić information content (AvgIpc) is 3.26. The Kier molecular flexibility index (Phi) is 7.02. The average molecular weight is 444 g/mol. The molecule has 0 fully saturated rings. The molecule has 0 bridgehead atoms. The highest BCUT2D eigenvalue weighted by atomic mass is 16.6. The highest BCUT2D eigenvalue weighted by molar-refractivity contribution is 5.88. The predicted molar refractivity (Wildman–Crippen MR) is 126 cm³/mol. The molecule has 0 aliphatic heterocycles. The molecular formula is C26H25N3O4. The number of carbonyl (C=O) groups excluding carboxylic acids is 2. The molecule has 33 heavy (non-hydrogen) atoms. The lowest BCUT2D eigenvalue weighted by molar-refractivity contribution is -0.124. The number of aliphatic hydroxyl groups is 1. The third kappa shape index (κ3) is 5.58. The van der Waals surface area contributed by atoms with E-state index in [9.17, 15) is 14.7 Å². The van der Waals surface area contributed by atoms with E-state index in [1.165, 1.54) is 0 Å². The molecule has 1 heterocycles. The molecule has 4 rings (SSSR count). The largest absolute Gasteiger partial charge is 0.413 e. The highest BCUT2D eigenvalue weighted by Gasteiger charge is 2.26. The maximum Gasteiger partial charge on any atom is 0.413 e. The van der Waals surface area contributed by atoms with E-state index in [0.717, 1.165) is 22.0 Å². The van der Waals surface area contributed by atoms with Crippen LogP contribution in [-0.2, 0) is 11.2 Å². The van der Waals surface area contributed by atoms with Crippen molar-refractivity contribution in [3.63, 3.8) is 0 Å². The number of fused-ring (bicyclic) bond motifs is 1. The number of ether oxygens (including phenoxy) is 1. The van der Waals surface area contributed by atoms with E-state index in [2.05, 4.69) is 15.6 Å². The summed E-state index contributed by atoms with van der Waals surface area (Å²) in [5.74, 6) is -0.0491. The minimum atomic E-state index is -0.918. The fraction of sp³-hybridized carbons (Fsp3) is 0.154. The van der Waals surface area contributed by atoms with Crippen LogP contribution in [0.3, 0.4) is 0 Å². The zero-order valence-corrected chi connectivity index (χ0v) is 17.9. The lowest BCUT2D eigenvalue weighted by Gasteiger charge is -2.22. The first kappa shape index (κ1) is 22.1. The number of aromatic amines is 1. The third-order valence-electron chi connectivity index (χ3n) is 5.36. The maximum atomic E-state index is 13.2. The van der Waals surface area contributed by atoms with Crippen molar-refractivity contribution in [2.24, 2.45) is 0 Å². The fourth-order valence-corrected chi connectivity index (χ4v) is 3.69. The van der Waals surface area contributed by atoms with Gasteiger partial charge in [0.05, 0.1) is 12.6 Å². The van der Waals surface area contributed by atoms with E-state index in [-0.39, 0.29) is 13.0 Å². The Morgan fingerprint density at radius 3 is 2.27 bits per heavy atom. The van der Waals surface area contributed by atoms with Crippen LogP contribution in [0.1, 0.15) is 17.2 Å². The van der Waals surface area contributed by atoms with Crippen molar-refractivity contribution in [2.45, 2.75) is 18.5 Å². The molecule has 0 radical (unpaired) electrons. The summed E-state index contributed by atoms with van der Waals surface area (Å²) in [6.45, 7) is -0.274. The molecule has 168 valence electrons. The van der Waals surface area contributed by atoms with Crippen molar-refractivity contribution in [3.05, 3.63) is 102 Å². The Bertz CT molecular complexity index is 1210. The molecule has 0 saturated heterocycles. The zero-order chi connectivity index (χ0) is 23.0. The van der Waals surface area contributed by atoms with Gasteiger partial charge in [0.1, 0.15) is 11.8 Å². The number of benzene rings is 3. The fourth-order valence-electron chi connectivity index (χ4n) is 3.69. The summed E-state index contributed by atoms with van der Waals surface area (Å²) < 4.78 is 5.33. The molecular weight excluding hydrogens is 418 g/mol. The molecule has 7 nitrogen and oxygen atoms in total. The van der Waals surface area contributed by atoms with Gasteiger partial charge in [-0.3, -0.25) is 4.79 Å². The first-order valence-electron chi connectivity index (χ1n) is 10.7. The van der Waals surface area contributed by atoms with Crippen molar-refractivity contribution >= 4 is 22.9 Å². The lowest BCUT2D eigenvalue weighted by atomic mass is 10.0. The molecule has 0 aliphatic carbocycles. The number of rotatable bonds is 8. The van der Waals surface area contributed by atoms with E-state index in [1.807, 2.05) is 66.9 Å². The second-order valence-corrected chi connectivity index (χ2v) is 7.62. The Balaban J connectivity index is 1.54. The summed E-state index contributed by atoms with van der Waals surface area (Å²) in [4.78, 5) is 29.0. The van der Waals surface area contributed by atoms with Crippen LogP contribution < -0.4 is 15.4 Å². The number of hydrogen-bond acceptors (Lipinski definition) is 4. The quantitative estimate of drug-likeness (QED) is 0.333. The summed E-state index contributed by atoms with van der Waals surface area (Å²) in [7, 11) is 0. The Labute approximate surface area is 191 Å². The van der Waals surface area contributed by atoms with E-state index in [1.54, 1.807) is 24.3 Å². The smallest absolute Gasteiger partial charge is 0.410 e. The van der Waals surface area contributed by atoms with Gasteiger partial charge in [0.15, 0.2) is 0 Å². The van der Waals surface area contributed by atoms with Crippen LogP contribution >= 0.6 is 0 Å². The maximum absolute atomic E-state index is 13.2. The van der Waals surface area contributed by atoms with Crippen molar-refractivity contribution in [3.8, 4) is 5.75 Å². The second kappa shape index (κ2) is 10.5. The lowest BCUT2D eigenvalue weighted by Crippen LogP contribution is -2.50. The molecule has 2 atom stereocenters. The minimum Gasteiger partial charge on any atom is -0.410 e. The molecule has 4 aromatic rings. The number of amides is 2. The van der Waals surface area contributed by atoms with Gasteiger partial charge in [0, 0.05) is 23.5 Å². The van der Waals surface area contributed by atoms with Crippen LogP contribution in [0.25, 0.3) is 10.9 Å². The molecule has 7 heteroatoms. The minimum absolute atomic E-state index is 0.243. The standard InChI is InChI=1S/C26H25N3O4/c30-17-24(18-9-3-1-4-10-18)28-25(31)23(29-26(32)33-20-11-5-2-6-12-20)15-19-16-27-22-14-8-7-13-21(19)22/h1-14,16,23-24,27,30H,15,17H2,(H,28,31)(H,29,32)/t23-,24+/m1/s1. The monoisotopic (exact) mass is 443 g/mol. The Morgan fingerprint density at radius 2 is 1.55 bits per heavy atom. The topological polar surface area (TPSA) is 103 Å². The Hall–Kier alpha value is -4.10. The summed E-state index contributed by atoms with van der Waals surface area (Å²) in [6.07, 6.45) is 1.34. The van der Waals surface area contributed by atoms with Crippen LogP contribution in [0.15, 0.2) is 91.1 Å². The second-order valence-electron chi connectivity index (χ2n) is 7.62. The van der Waals surface area contributed by atoms with E-state index < -0.39 is 24.1 Å². The molecule has 3 aromatic carbocycles. The predicted octanol–water partition coefficient (Wildman–Crippen LogP) is 3.72. The van der Waals surface area contributed by atoms with E-state index in [0.29, 0.717) is 5.75 Å². The molecule has 0 unspecified atom stereocenters. The van der Waals surface area contributed by atoms with Gasteiger partial charge in [-0.1, -0.05) is 66.7 Å². The third-order valence-corrected chi connectivity index (χ3v) is 5.36. The number of H-pyrrole nitrogens is 1. The van der Waals surface area contributed by atoms with Crippen molar-refractivity contribution < 1.29 is 19.4 Å². The molecule has 0 aliphatic rings. The van der Waals surface area contributed by atoms with E-state index >= 15 is 0 Å². The number of aliphatic hydroxyl groups excluding tert-OH is 1.